The molecule has 0 spiro atoms. The van der Waals surface area contributed by atoms with Crippen LogP contribution in [0.4, 0.5) is 4.39 Å². The van der Waals surface area contributed by atoms with Crippen molar-refractivity contribution in [1.29, 1.82) is 0 Å². The molecule has 8 heteroatoms. The number of rotatable bonds is 8. The zero-order valence-corrected chi connectivity index (χ0v) is 20.0. The van der Waals surface area contributed by atoms with E-state index in [-0.39, 0.29) is 5.82 Å². The first-order valence-electron chi connectivity index (χ1n) is 11.3. The van der Waals surface area contributed by atoms with Gasteiger partial charge in [0.1, 0.15) is 16.6 Å². The Hall–Kier alpha value is -2.55. The van der Waals surface area contributed by atoms with E-state index in [9.17, 15) is 4.39 Å². The Labute approximate surface area is 201 Å². The van der Waals surface area contributed by atoms with Crippen molar-refractivity contribution in [2.45, 2.75) is 43.3 Å². The maximum Gasteiger partial charge on any atom is 0.191 e. The van der Waals surface area contributed by atoms with Gasteiger partial charge >= 0.3 is 0 Å². The highest BCUT2D eigenvalue weighted by Crippen LogP contribution is 2.28. The molecule has 1 fully saturated rings. The van der Waals surface area contributed by atoms with Crippen LogP contribution in [0.2, 0.25) is 0 Å². The lowest BCUT2D eigenvalue weighted by Crippen LogP contribution is -2.30. The minimum Gasteiger partial charge on any atom is -0.300 e. The molecular weight excluding hydrogens is 453 g/mol. The van der Waals surface area contributed by atoms with Crippen LogP contribution in [-0.2, 0) is 18.8 Å². The minimum atomic E-state index is -0.232. The Balaban J connectivity index is 1.32. The Bertz CT molecular complexity index is 1170. The lowest BCUT2D eigenvalue weighted by atomic mass is 10.1. The molecule has 1 aliphatic heterocycles. The van der Waals surface area contributed by atoms with Crippen molar-refractivity contribution in [1.82, 2.24) is 24.6 Å². The molecule has 0 radical (unpaired) electrons. The van der Waals surface area contributed by atoms with Gasteiger partial charge in [0.05, 0.1) is 18.8 Å². The fraction of sp³-hybridized carbons (Fsp3) is 0.320. The van der Waals surface area contributed by atoms with Crippen LogP contribution in [0.5, 0.6) is 0 Å². The third-order valence-electron chi connectivity index (χ3n) is 5.78. The second kappa shape index (κ2) is 10.6. The van der Waals surface area contributed by atoms with Gasteiger partial charge in [0.25, 0.3) is 0 Å². The maximum atomic E-state index is 13.2. The molecule has 4 aromatic rings. The van der Waals surface area contributed by atoms with Gasteiger partial charge in [-0.05, 0) is 55.8 Å². The fourth-order valence-corrected chi connectivity index (χ4v) is 5.80. The molecule has 33 heavy (non-hydrogen) atoms. The van der Waals surface area contributed by atoms with Crippen LogP contribution in [0.15, 0.2) is 65.1 Å². The summed E-state index contributed by atoms with van der Waals surface area (Å²) >= 11 is 3.25. The Morgan fingerprint density at radius 2 is 1.70 bits per heavy atom. The highest BCUT2D eigenvalue weighted by molar-refractivity contribution is 7.98. The highest BCUT2D eigenvalue weighted by atomic mass is 32.2. The Kier molecular flexibility index (Phi) is 7.14. The van der Waals surface area contributed by atoms with E-state index in [0.717, 1.165) is 53.4 Å². The first-order valence-corrected chi connectivity index (χ1v) is 13.1. The molecule has 0 saturated carbocycles. The smallest absolute Gasteiger partial charge is 0.191 e. The van der Waals surface area contributed by atoms with Crippen molar-refractivity contribution in [2.75, 3.05) is 13.1 Å². The van der Waals surface area contributed by atoms with E-state index >= 15 is 0 Å². The van der Waals surface area contributed by atoms with Gasteiger partial charge in [-0.15, -0.1) is 21.5 Å². The molecule has 1 saturated heterocycles. The van der Waals surface area contributed by atoms with Crippen LogP contribution in [0, 0.1) is 5.82 Å². The van der Waals surface area contributed by atoms with Gasteiger partial charge in [0.2, 0.25) is 0 Å². The number of piperidine rings is 1. The number of thioether (sulfide) groups is 1. The lowest BCUT2D eigenvalue weighted by Gasteiger charge is -2.26. The summed E-state index contributed by atoms with van der Waals surface area (Å²) in [4.78, 5) is 7.23. The number of hydrogen-bond donors (Lipinski definition) is 0. The number of aromatic nitrogens is 4. The van der Waals surface area contributed by atoms with Gasteiger partial charge in [-0.1, -0.05) is 48.5 Å². The van der Waals surface area contributed by atoms with E-state index in [0.29, 0.717) is 5.75 Å². The second-order valence-electron chi connectivity index (χ2n) is 8.25. The molecule has 1 aliphatic rings. The highest BCUT2D eigenvalue weighted by Gasteiger charge is 2.18. The van der Waals surface area contributed by atoms with Crippen molar-refractivity contribution in [3.8, 4) is 10.6 Å². The molecule has 3 heterocycles. The summed E-state index contributed by atoms with van der Waals surface area (Å²) in [6, 6.07) is 17.0. The van der Waals surface area contributed by atoms with Crippen LogP contribution in [-0.4, -0.2) is 37.7 Å². The number of benzene rings is 2. The van der Waals surface area contributed by atoms with E-state index in [1.165, 1.54) is 37.0 Å². The van der Waals surface area contributed by atoms with Crippen LogP contribution in [0.25, 0.3) is 10.6 Å². The second-order valence-corrected chi connectivity index (χ2v) is 10.0. The molecule has 5 nitrogen and oxygen atoms in total. The third kappa shape index (κ3) is 5.69. The molecule has 5 rings (SSSR count). The van der Waals surface area contributed by atoms with Gasteiger partial charge in [-0.25, -0.2) is 9.37 Å². The molecule has 0 aliphatic carbocycles. The summed E-state index contributed by atoms with van der Waals surface area (Å²) in [5.41, 5.74) is 3.18. The van der Waals surface area contributed by atoms with E-state index in [1.54, 1.807) is 35.2 Å². The normalized spacial score (nSPS) is 14.6. The van der Waals surface area contributed by atoms with Gasteiger partial charge in [0.15, 0.2) is 5.16 Å². The number of nitrogens with zero attached hydrogens (tertiary/aromatic N) is 5. The van der Waals surface area contributed by atoms with E-state index in [4.69, 9.17) is 4.98 Å². The summed E-state index contributed by atoms with van der Waals surface area (Å²) in [5, 5.41) is 13.0. The Morgan fingerprint density at radius 3 is 2.48 bits per heavy atom. The molecule has 0 atom stereocenters. The largest absolute Gasteiger partial charge is 0.300 e. The minimum absolute atomic E-state index is 0.232. The fourth-order valence-electron chi connectivity index (χ4n) is 4.02. The maximum absolute atomic E-state index is 13.2. The topological polar surface area (TPSA) is 46.8 Å². The molecule has 0 unspecified atom stereocenters. The van der Waals surface area contributed by atoms with Crippen LogP contribution < -0.4 is 0 Å². The zero-order valence-electron chi connectivity index (χ0n) is 18.4. The van der Waals surface area contributed by atoms with Gasteiger partial charge < -0.3 is 4.57 Å². The van der Waals surface area contributed by atoms with Crippen molar-refractivity contribution in [3.63, 3.8) is 0 Å². The predicted molar refractivity (Wildman–Crippen MR) is 132 cm³/mol. The first-order chi connectivity index (χ1) is 16.2. The number of halogens is 1. The average Bonchev–Trinajstić information content (AvgIpc) is 3.47. The Morgan fingerprint density at radius 1 is 0.909 bits per heavy atom. The standard InChI is InChI=1S/C25H26FN5S2/c26-21-11-9-20(10-12-21)24-27-22(17-32-24)18-33-25-29-28-23(16-30-13-5-2-6-14-30)31(25)15-19-7-3-1-4-8-19/h1,3-4,7-12,17H,2,5-6,13-16,18H2. The van der Waals surface area contributed by atoms with E-state index in [2.05, 4.69) is 49.3 Å². The van der Waals surface area contributed by atoms with E-state index in [1.807, 2.05) is 6.07 Å². The summed E-state index contributed by atoms with van der Waals surface area (Å²) in [5.74, 6) is 1.51. The van der Waals surface area contributed by atoms with Crippen LogP contribution in [0.3, 0.4) is 0 Å². The van der Waals surface area contributed by atoms with Crippen molar-refractivity contribution >= 4 is 23.1 Å². The van der Waals surface area contributed by atoms with Crippen molar-refractivity contribution in [2.24, 2.45) is 0 Å². The number of thiazole rings is 1. The predicted octanol–water partition coefficient (Wildman–Crippen LogP) is 5.87. The van der Waals surface area contributed by atoms with Crippen molar-refractivity contribution < 1.29 is 4.39 Å². The van der Waals surface area contributed by atoms with Crippen LogP contribution in [0.1, 0.15) is 36.3 Å². The van der Waals surface area contributed by atoms with E-state index < -0.39 is 0 Å². The molecule has 2 aromatic carbocycles. The summed E-state index contributed by atoms with van der Waals surface area (Å²) < 4.78 is 15.5. The number of hydrogen-bond acceptors (Lipinski definition) is 6. The number of likely N-dealkylation sites (tertiary alicyclic amines) is 1. The molecule has 2 aromatic heterocycles. The molecule has 0 bridgehead atoms. The first kappa shape index (κ1) is 22.3. The van der Waals surface area contributed by atoms with Crippen molar-refractivity contribution in [3.05, 3.63) is 82.9 Å². The van der Waals surface area contributed by atoms with Crippen LogP contribution >= 0.6 is 23.1 Å². The van der Waals surface area contributed by atoms with Gasteiger partial charge in [0, 0.05) is 16.7 Å². The molecule has 0 amide bonds. The summed E-state index contributed by atoms with van der Waals surface area (Å²) in [6.45, 7) is 3.86. The third-order valence-corrected chi connectivity index (χ3v) is 7.72. The molecular formula is C25H26FN5S2. The SMILES string of the molecule is Fc1ccc(-c2nc(CSc3nnc(CN4CCCCC4)n3Cc3ccccc3)cs2)cc1. The van der Waals surface area contributed by atoms with Gasteiger partial charge in [-0.3, -0.25) is 4.90 Å². The molecule has 170 valence electrons. The summed E-state index contributed by atoms with van der Waals surface area (Å²) in [7, 11) is 0. The molecule has 0 N–H and O–H groups in total. The quantitative estimate of drug-likeness (QED) is 0.296. The monoisotopic (exact) mass is 479 g/mol. The zero-order chi connectivity index (χ0) is 22.5. The summed E-state index contributed by atoms with van der Waals surface area (Å²) in [6.07, 6.45) is 3.84. The average molecular weight is 480 g/mol. The lowest BCUT2D eigenvalue weighted by molar-refractivity contribution is 0.213. The van der Waals surface area contributed by atoms with Gasteiger partial charge in [-0.2, -0.15) is 0 Å².